The third kappa shape index (κ3) is 3.96. The summed E-state index contributed by atoms with van der Waals surface area (Å²) >= 11 is 1.47. The first-order chi connectivity index (χ1) is 13.4. The zero-order valence-corrected chi connectivity index (χ0v) is 16.5. The lowest BCUT2D eigenvalue weighted by Crippen LogP contribution is -2.40. The van der Waals surface area contributed by atoms with Crippen LogP contribution in [0.2, 0.25) is 0 Å². The minimum Gasteiger partial charge on any atom is -0.480 e. The van der Waals surface area contributed by atoms with Gasteiger partial charge in [-0.3, -0.25) is 14.2 Å². The number of aryl methyl sites for hydroxylation is 2. The third-order valence-electron chi connectivity index (χ3n) is 4.54. The summed E-state index contributed by atoms with van der Waals surface area (Å²) in [6, 6.07) is 8.75. The largest absolute Gasteiger partial charge is 0.480 e. The highest BCUT2D eigenvalue weighted by molar-refractivity contribution is 7.19. The Bertz CT molecular complexity index is 1070. The van der Waals surface area contributed by atoms with E-state index >= 15 is 0 Å². The van der Waals surface area contributed by atoms with Crippen molar-refractivity contribution in [3.63, 3.8) is 0 Å². The molecule has 2 N–H and O–H groups in total. The van der Waals surface area contributed by atoms with Gasteiger partial charge < -0.3 is 10.4 Å². The van der Waals surface area contributed by atoms with E-state index in [1.165, 1.54) is 22.2 Å². The van der Waals surface area contributed by atoms with Crippen LogP contribution in [0.1, 0.15) is 24.6 Å². The fourth-order valence-electron chi connectivity index (χ4n) is 3.08. The minimum atomic E-state index is -1.07. The SMILES string of the molecule is CCC(NC(=O)CCn1cnc2sc(C)c(-c3ccccc3)c2c1=O)C(=O)O. The number of nitrogens with zero attached hydrogens (tertiary/aromatic N) is 2. The van der Waals surface area contributed by atoms with Gasteiger partial charge >= 0.3 is 5.97 Å². The summed E-state index contributed by atoms with van der Waals surface area (Å²) in [6.45, 7) is 3.78. The summed E-state index contributed by atoms with van der Waals surface area (Å²) in [7, 11) is 0. The number of carboxylic acids is 1. The molecule has 0 fully saturated rings. The molecule has 0 aliphatic rings. The summed E-state index contributed by atoms with van der Waals surface area (Å²) < 4.78 is 1.40. The second-order valence-corrected chi connectivity index (χ2v) is 7.64. The van der Waals surface area contributed by atoms with Crippen LogP contribution in [0.15, 0.2) is 41.5 Å². The van der Waals surface area contributed by atoms with Crippen LogP contribution in [-0.4, -0.2) is 32.6 Å². The smallest absolute Gasteiger partial charge is 0.326 e. The van der Waals surface area contributed by atoms with E-state index in [9.17, 15) is 14.4 Å². The lowest BCUT2D eigenvalue weighted by molar-refractivity contribution is -0.141. The Balaban J connectivity index is 1.88. The molecule has 0 aliphatic carbocycles. The maximum Gasteiger partial charge on any atom is 0.326 e. The van der Waals surface area contributed by atoms with Crippen molar-refractivity contribution in [2.45, 2.75) is 39.3 Å². The molecule has 0 radical (unpaired) electrons. The zero-order valence-electron chi connectivity index (χ0n) is 15.6. The molecule has 3 aromatic rings. The number of aliphatic carboxylic acids is 1. The quantitative estimate of drug-likeness (QED) is 0.636. The number of carbonyl (C=O) groups is 2. The van der Waals surface area contributed by atoms with Crippen molar-refractivity contribution in [1.82, 2.24) is 14.9 Å². The average molecular weight is 399 g/mol. The van der Waals surface area contributed by atoms with Crippen molar-refractivity contribution in [2.75, 3.05) is 0 Å². The molecule has 8 heteroatoms. The van der Waals surface area contributed by atoms with Crippen LogP contribution in [0, 0.1) is 6.92 Å². The van der Waals surface area contributed by atoms with Gasteiger partial charge in [0.05, 0.1) is 11.7 Å². The zero-order chi connectivity index (χ0) is 20.3. The van der Waals surface area contributed by atoms with Gasteiger partial charge in [0, 0.05) is 23.4 Å². The number of carbonyl (C=O) groups excluding carboxylic acids is 1. The van der Waals surface area contributed by atoms with Gasteiger partial charge in [-0.1, -0.05) is 37.3 Å². The van der Waals surface area contributed by atoms with Crippen molar-refractivity contribution < 1.29 is 14.7 Å². The predicted octanol–water partition coefficient (Wildman–Crippen LogP) is 2.80. The lowest BCUT2D eigenvalue weighted by Gasteiger charge is -2.12. The second kappa shape index (κ2) is 8.35. The maximum atomic E-state index is 13.0. The summed E-state index contributed by atoms with van der Waals surface area (Å²) in [4.78, 5) is 42.2. The molecule has 3 rings (SSSR count). The molecule has 146 valence electrons. The van der Waals surface area contributed by atoms with Crippen LogP contribution in [0.5, 0.6) is 0 Å². The van der Waals surface area contributed by atoms with Crippen LogP contribution >= 0.6 is 11.3 Å². The molecule has 1 unspecified atom stereocenters. The number of thiophene rings is 1. The molecule has 7 nitrogen and oxygen atoms in total. The number of carboxylic acid groups (broad SMARTS) is 1. The van der Waals surface area contributed by atoms with Gasteiger partial charge in [0.2, 0.25) is 5.91 Å². The molecule has 1 atom stereocenters. The van der Waals surface area contributed by atoms with Crippen molar-refractivity contribution in [3.05, 3.63) is 51.9 Å². The molecule has 0 saturated heterocycles. The highest BCUT2D eigenvalue weighted by Crippen LogP contribution is 2.35. The van der Waals surface area contributed by atoms with Gasteiger partial charge in [-0.2, -0.15) is 0 Å². The van der Waals surface area contributed by atoms with Crippen LogP contribution in [0.3, 0.4) is 0 Å². The molecule has 0 spiro atoms. The standard InChI is InChI=1S/C20H21N3O4S/c1-3-14(20(26)27)22-15(24)9-10-23-11-21-18-17(19(23)25)16(12(2)28-18)13-7-5-4-6-8-13/h4-8,11,14H,3,9-10H2,1-2H3,(H,22,24)(H,26,27). The number of aromatic nitrogens is 2. The highest BCUT2D eigenvalue weighted by atomic mass is 32.1. The summed E-state index contributed by atoms with van der Waals surface area (Å²) in [5.74, 6) is -1.48. The van der Waals surface area contributed by atoms with E-state index in [2.05, 4.69) is 10.3 Å². The van der Waals surface area contributed by atoms with Crippen LogP contribution < -0.4 is 10.9 Å². The van der Waals surface area contributed by atoms with E-state index in [0.717, 1.165) is 16.0 Å². The molecule has 28 heavy (non-hydrogen) atoms. The van der Waals surface area contributed by atoms with Crippen molar-refractivity contribution in [2.24, 2.45) is 0 Å². The Kier molecular flexibility index (Phi) is 5.89. The first-order valence-electron chi connectivity index (χ1n) is 8.98. The Morgan fingerprint density at radius 1 is 1.29 bits per heavy atom. The first-order valence-corrected chi connectivity index (χ1v) is 9.80. The number of rotatable bonds is 7. The molecule has 0 aliphatic heterocycles. The van der Waals surface area contributed by atoms with Crippen molar-refractivity contribution in [1.29, 1.82) is 0 Å². The lowest BCUT2D eigenvalue weighted by atomic mass is 10.0. The summed E-state index contributed by atoms with van der Waals surface area (Å²) in [5, 5.41) is 12.0. The molecular weight excluding hydrogens is 378 g/mol. The summed E-state index contributed by atoms with van der Waals surface area (Å²) in [6.07, 6.45) is 1.74. The maximum absolute atomic E-state index is 13.0. The van der Waals surface area contributed by atoms with Gasteiger partial charge in [-0.15, -0.1) is 11.3 Å². The molecular formula is C20H21N3O4S. The number of hydrogen-bond donors (Lipinski definition) is 2. The van der Waals surface area contributed by atoms with Gasteiger partial charge in [-0.25, -0.2) is 9.78 Å². The van der Waals surface area contributed by atoms with Gasteiger partial charge in [-0.05, 0) is 18.9 Å². The summed E-state index contributed by atoms with van der Waals surface area (Å²) in [5.41, 5.74) is 1.62. The van der Waals surface area contributed by atoms with E-state index in [1.54, 1.807) is 6.92 Å². The van der Waals surface area contributed by atoms with Crippen LogP contribution in [-0.2, 0) is 16.1 Å². The van der Waals surface area contributed by atoms with Gasteiger partial charge in [0.1, 0.15) is 10.9 Å². The third-order valence-corrected chi connectivity index (χ3v) is 5.55. The number of fused-ring (bicyclic) bond motifs is 1. The number of amides is 1. The van der Waals surface area contributed by atoms with Crippen molar-refractivity contribution >= 4 is 33.4 Å². The Morgan fingerprint density at radius 2 is 2.00 bits per heavy atom. The molecule has 1 aromatic carbocycles. The Labute approximate surface area is 165 Å². The van der Waals surface area contributed by atoms with E-state index in [4.69, 9.17) is 5.11 Å². The van der Waals surface area contributed by atoms with E-state index < -0.39 is 17.9 Å². The predicted molar refractivity (Wildman–Crippen MR) is 109 cm³/mol. The fraction of sp³-hybridized carbons (Fsp3) is 0.300. The fourth-order valence-corrected chi connectivity index (χ4v) is 4.08. The van der Waals surface area contributed by atoms with Gasteiger partial charge in [0.15, 0.2) is 0 Å². The Morgan fingerprint density at radius 3 is 2.64 bits per heavy atom. The van der Waals surface area contributed by atoms with Crippen LogP contribution in [0.25, 0.3) is 21.3 Å². The second-order valence-electron chi connectivity index (χ2n) is 6.44. The number of nitrogens with one attached hydrogen (secondary N) is 1. The van der Waals surface area contributed by atoms with Gasteiger partial charge in [0.25, 0.3) is 5.56 Å². The number of benzene rings is 1. The topological polar surface area (TPSA) is 101 Å². The molecule has 2 aromatic heterocycles. The number of hydrogen-bond acceptors (Lipinski definition) is 5. The van der Waals surface area contributed by atoms with Crippen molar-refractivity contribution in [3.8, 4) is 11.1 Å². The highest BCUT2D eigenvalue weighted by Gasteiger charge is 2.19. The Hall–Kier alpha value is -3.00. The first kappa shape index (κ1) is 19.8. The minimum absolute atomic E-state index is 0.000658. The van der Waals surface area contributed by atoms with E-state index in [1.807, 2.05) is 37.3 Å². The normalized spacial score (nSPS) is 12.1. The molecule has 1 amide bonds. The monoisotopic (exact) mass is 399 g/mol. The molecule has 2 heterocycles. The van der Waals surface area contributed by atoms with Crippen LogP contribution in [0.4, 0.5) is 0 Å². The van der Waals surface area contributed by atoms with E-state index in [0.29, 0.717) is 16.6 Å². The molecule has 0 saturated carbocycles. The molecule has 0 bridgehead atoms. The average Bonchev–Trinajstić information content (AvgIpc) is 3.02. The van der Waals surface area contributed by atoms with E-state index in [-0.39, 0.29) is 18.5 Å².